The fourth-order valence-corrected chi connectivity index (χ4v) is 1.78. The van der Waals surface area contributed by atoms with Crippen LogP contribution in [0.2, 0.25) is 0 Å². The van der Waals surface area contributed by atoms with Crippen LogP contribution in [-0.4, -0.2) is 24.1 Å². The molecule has 0 saturated heterocycles. The molecule has 0 bridgehead atoms. The van der Waals surface area contributed by atoms with E-state index in [4.69, 9.17) is 9.84 Å². The van der Waals surface area contributed by atoms with Crippen LogP contribution in [0.25, 0.3) is 0 Å². The molecule has 1 aromatic carbocycles. The lowest BCUT2D eigenvalue weighted by molar-refractivity contribution is -0.119. The molecule has 5 nitrogen and oxygen atoms in total. The third kappa shape index (κ3) is 3.98. The van der Waals surface area contributed by atoms with Gasteiger partial charge in [-0.2, -0.15) is 0 Å². The summed E-state index contributed by atoms with van der Waals surface area (Å²) in [7, 11) is 1.40. The largest absolute Gasteiger partial charge is 0.496 e. The summed E-state index contributed by atoms with van der Waals surface area (Å²) in [6, 6.07) is 4.49. The molecule has 104 valence electrons. The Morgan fingerprint density at radius 3 is 2.63 bits per heavy atom. The monoisotopic (exact) mass is 265 g/mol. The van der Waals surface area contributed by atoms with Crippen LogP contribution in [-0.2, 0) is 4.79 Å². The van der Waals surface area contributed by atoms with E-state index in [9.17, 15) is 9.59 Å². The summed E-state index contributed by atoms with van der Waals surface area (Å²) >= 11 is 0. The third-order valence-electron chi connectivity index (χ3n) is 2.87. The van der Waals surface area contributed by atoms with Gasteiger partial charge in [0.2, 0.25) is 5.91 Å². The normalized spacial score (nSPS) is 11.7. The van der Waals surface area contributed by atoms with Crippen LogP contribution >= 0.6 is 0 Å². The van der Waals surface area contributed by atoms with Gasteiger partial charge in [-0.05, 0) is 18.6 Å². The summed E-state index contributed by atoms with van der Waals surface area (Å²) in [6.07, 6.45) is 1.76. The zero-order chi connectivity index (χ0) is 14.4. The minimum Gasteiger partial charge on any atom is -0.496 e. The summed E-state index contributed by atoms with van der Waals surface area (Å²) < 4.78 is 5.00. The molecule has 0 spiro atoms. The molecule has 5 heteroatoms. The van der Waals surface area contributed by atoms with E-state index >= 15 is 0 Å². The van der Waals surface area contributed by atoms with E-state index in [1.165, 1.54) is 19.2 Å². The Balaban J connectivity index is 2.86. The summed E-state index contributed by atoms with van der Waals surface area (Å²) in [6.45, 7) is 3.89. The van der Waals surface area contributed by atoms with Crippen molar-refractivity contribution in [2.45, 2.75) is 26.7 Å². The zero-order valence-corrected chi connectivity index (χ0v) is 11.4. The maximum absolute atomic E-state index is 11.9. The first kappa shape index (κ1) is 15.0. The molecular formula is C14H19NO4. The number of rotatable bonds is 6. The molecule has 0 aliphatic heterocycles. The number of methoxy groups -OCH3 is 1. The number of hydrogen-bond donors (Lipinski definition) is 2. The summed E-state index contributed by atoms with van der Waals surface area (Å²) in [4.78, 5) is 22.8. The van der Waals surface area contributed by atoms with Crippen molar-refractivity contribution in [3.05, 3.63) is 23.8 Å². The van der Waals surface area contributed by atoms with E-state index in [-0.39, 0.29) is 23.1 Å². The van der Waals surface area contributed by atoms with Gasteiger partial charge in [0.1, 0.15) is 11.3 Å². The minimum atomic E-state index is -1.06. The SMILES string of the molecule is CCCC(C)C(=O)Nc1ccc(C(=O)O)c(OC)c1. The van der Waals surface area contributed by atoms with Gasteiger partial charge in [-0.3, -0.25) is 4.79 Å². The third-order valence-corrected chi connectivity index (χ3v) is 2.87. The van der Waals surface area contributed by atoms with Crippen molar-refractivity contribution >= 4 is 17.6 Å². The number of carbonyl (C=O) groups is 2. The first-order valence-electron chi connectivity index (χ1n) is 6.21. The lowest BCUT2D eigenvalue weighted by Crippen LogP contribution is -2.20. The number of benzene rings is 1. The van der Waals surface area contributed by atoms with Crippen LogP contribution in [0.1, 0.15) is 37.0 Å². The van der Waals surface area contributed by atoms with Gasteiger partial charge in [0.15, 0.2) is 0 Å². The second-order valence-electron chi connectivity index (χ2n) is 4.40. The number of carboxylic acids is 1. The van der Waals surface area contributed by atoms with E-state index in [1.807, 2.05) is 13.8 Å². The number of ether oxygens (including phenoxy) is 1. The van der Waals surface area contributed by atoms with Crippen LogP contribution in [0.15, 0.2) is 18.2 Å². The highest BCUT2D eigenvalue weighted by Crippen LogP contribution is 2.23. The van der Waals surface area contributed by atoms with E-state index in [1.54, 1.807) is 6.07 Å². The van der Waals surface area contributed by atoms with Gasteiger partial charge in [0, 0.05) is 17.7 Å². The Morgan fingerprint density at radius 2 is 2.11 bits per heavy atom. The minimum absolute atomic E-state index is 0.0714. The van der Waals surface area contributed by atoms with Crippen LogP contribution in [0, 0.1) is 5.92 Å². The van der Waals surface area contributed by atoms with Gasteiger partial charge in [-0.25, -0.2) is 4.79 Å². The molecular weight excluding hydrogens is 246 g/mol. The van der Waals surface area contributed by atoms with Crippen LogP contribution < -0.4 is 10.1 Å². The molecule has 1 amide bonds. The number of amides is 1. The number of carboxylic acid groups (broad SMARTS) is 1. The molecule has 1 unspecified atom stereocenters. The number of anilines is 1. The van der Waals surface area contributed by atoms with Crippen LogP contribution in [0.5, 0.6) is 5.75 Å². The quantitative estimate of drug-likeness (QED) is 0.829. The molecule has 19 heavy (non-hydrogen) atoms. The smallest absolute Gasteiger partial charge is 0.339 e. The van der Waals surface area contributed by atoms with Crippen LogP contribution in [0.4, 0.5) is 5.69 Å². The van der Waals surface area contributed by atoms with Crippen molar-refractivity contribution in [3.63, 3.8) is 0 Å². The highest BCUT2D eigenvalue weighted by Gasteiger charge is 2.15. The fraction of sp³-hybridized carbons (Fsp3) is 0.429. The predicted molar refractivity (Wildman–Crippen MR) is 72.7 cm³/mol. The van der Waals surface area contributed by atoms with Gasteiger partial charge >= 0.3 is 5.97 Å². The standard InChI is InChI=1S/C14H19NO4/c1-4-5-9(2)13(16)15-10-6-7-11(14(17)18)12(8-10)19-3/h6-9H,4-5H2,1-3H3,(H,15,16)(H,17,18). The lowest BCUT2D eigenvalue weighted by Gasteiger charge is -2.12. The summed E-state index contributed by atoms with van der Waals surface area (Å²) in [5.74, 6) is -0.982. The van der Waals surface area contributed by atoms with Crippen molar-refractivity contribution < 1.29 is 19.4 Å². The maximum Gasteiger partial charge on any atom is 0.339 e. The Kier molecular flexibility index (Phi) is 5.36. The molecule has 0 radical (unpaired) electrons. The Morgan fingerprint density at radius 1 is 1.42 bits per heavy atom. The lowest BCUT2D eigenvalue weighted by atomic mass is 10.1. The Labute approximate surface area is 112 Å². The van der Waals surface area contributed by atoms with Crippen molar-refractivity contribution in [2.75, 3.05) is 12.4 Å². The van der Waals surface area contributed by atoms with E-state index < -0.39 is 5.97 Å². The molecule has 1 atom stereocenters. The Hall–Kier alpha value is -2.04. The first-order valence-corrected chi connectivity index (χ1v) is 6.21. The van der Waals surface area contributed by atoms with Gasteiger partial charge in [-0.15, -0.1) is 0 Å². The number of aromatic carboxylic acids is 1. The fourth-order valence-electron chi connectivity index (χ4n) is 1.78. The molecule has 0 aliphatic rings. The molecule has 2 N–H and O–H groups in total. The van der Waals surface area contributed by atoms with Crippen molar-refractivity contribution in [1.29, 1.82) is 0 Å². The van der Waals surface area contributed by atoms with Gasteiger partial charge < -0.3 is 15.2 Å². The van der Waals surface area contributed by atoms with Crippen molar-refractivity contribution in [1.82, 2.24) is 0 Å². The summed E-state index contributed by atoms with van der Waals surface area (Å²) in [5.41, 5.74) is 0.608. The van der Waals surface area contributed by atoms with Crippen molar-refractivity contribution in [2.24, 2.45) is 5.92 Å². The van der Waals surface area contributed by atoms with Crippen LogP contribution in [0.3, 0.4) is 0 Å². The van der Waals surface area contributed by atoms with Gasteiger partial charge in [-0.1, -0.05) is 20.3 Å². The molecule has 0 aromatic heterocycles. The zero-order valence-electron chi connectivity index (χ0n) is 11.4. The number of hydrogen-bond acceptors (Lipinski definition) is 3. The predicted octanol–water partition coefficient (Wildman–Crippen LogP) is 2.77. The van der Waals surface area contributed by atoms with Crippen molar-refractivity contribution in [3.8, 4) is 5.75 Å². The number of nitrogens with one attached hydrogen (secondary N) is 1. The average molecular weight is 265 g/mol. The summed E-state index contributed by atoms with van der Waals surface area (Å²) in [5, 5.41) is 11.7. The molecule has 0 aliphatic carbocycles. The Bertz CT molecular complexity index is 471. The van der Waals surface area contributed by atoms with Gasteiger partial charge in [0.05, 0.1) is 7.11 Å². The maximum atomic E-state index is 11.9. The van der Waals surface area contributed by atoms with E-state index in [2.05, 4.69) is 5.32 Å². The molecule has 0 saturated carbocycles. The first-order chi connectivity index (χ1) is 8.99. The highest BCUT2D eigenvalue weighted by molar-refractivity contribution is 5.95. The topological polar surface area (TPSA) is 75.6 Å². The molecule has 0 fully saturated rings. The van der Waals surface area contributed by atoms with E-state index in [0.717, 1.165) is 12.8 Å². The second-order valence-corrected chi connectivity index (χ2v) is 4.40. The average Bonchev–Trinajstić information content (AvgIpc) is 2.38. The molecule has 1 aromatic rings. The highest BCUT2D eigenvalue weighted by atomic mass is 16.5. The molecule has 0 heterocycles. The molecule has 1 rings (SSSR count). The number of carbonyl (C=O) groups excluding carboxylic acids is 1. The van der Waals surface area contributed by atoms with Gasteiger partial charge in [0.25, 0.3) is 0 Å². The second kappa shape index (κ2) is 6.78. The van der Waals surface area contributed by atoms with E-state index in [0.29, 0.717) is 5.69 Å².